The molecule has 0 saturated carbocycles. The van der Waals surface area contributed by atoms with Crippen LogP contribution in [0.25, 0.3) is 0 Å². The molecule has 0 aromatic heterocycles. The van der Waals surface area contributed by atoms with Crippen molar-refractivity contribution in [3.63, 3.8) is 0 Å². The third-order valence-corrected chi connectivity index (χ3v) is 3.62. The van der Waals surface area contributed by atoms with Gasteiger partial charge in [0.05, 0.1) is 20.8 Å². The highest BCUT2D eigenvalue weighted by Gasteiger charge is 2.62. The van der Waals surface area contributed by atoms with Crippen LogP contribution in [-0.4, -0.2) is 51.1 Å². The second-order valence-electron chi connectivity index (χ2n) is 5.52. The lowest BCUT2D eigenvalue weighted by atomic mass is 10.1. The number of halogens is 3. The van der Waals surface area contributed by atoms with E-state index in [1.807, 2.05) is 0 Å². The quantitative estimate of drug-likeness (QED) is 0.492. The van der Waals surface area contributed by atoms with Crippen molar-refractivity contribution in [2.75, 3.05) is 27.4 Å². The van der Waals surface area contributed by atoms with Crippen LogP contribution in [0.3, 0.4) is 0 Å². The smallest absolute Gasteiger partial charge is 0.436 e. The van der Waals surface area contributed by atoms with Gasteiger partial charge in [-0.15, -0.1) is 0 Å². The first-order chi connectivity index (χ1) is 12.6. The van der Waals surface area contributed by atoms with Crippen LogP contribution >= 0.6 is 0 Å². The Balaban J connectivity index is 3.03. The molecule has 0 saturated heterocycles. The van der Waals surface area contributed by atoms with Crippen LogP contribution in [0.2, 0.25) is 0 Å². The van der Waals surface area contributed by atoms with Gasteiger partial charge in [-0.25, -0.2) is 4.79 Å². The van der Waals surface area contributed by atoms with E-state index in [4.69, 9.17) is 9.47 Å². The van der Waals surface area contributed by atoms with Crippen molar-refractivity contribution >= 4 is 11.9 Å². The van der Waals surface area contributed by atoms with Crippen molar-refractivity contribution in [3.8, 4) is 11.5 Å². The number of amides is 1. The van der Waals surface area contributed by atoms with E-state index in [1.54, 1.807) is 23.5 Å². The van der Waals surface area contributed by atoms with Crippen molar-refractivity contribution in [1.29, 1.82) is 0 Å². The molecule has 152 valence electrons. The number of nitrogens with one attached hydrogen (secondary N) is 2. The Labute approximate surface area is 155 Å². The van der Waals surface area contributed by atoms with Crippen LogP contribution < -0.4 is 20.1 Å². The van der Waals surface area contributed by atoms with Gasteiger partial charge in [0.15, 0.2) is 11.5 Å². The van der Waals surface area contributed by atoms with E-state index in [0.717, 1.165) is 6.92 Å². The summed E-state index contributed by atoms with van der Waals surface area (Å²) >= 11 is 0. The fourth-order valence-electron chi connectivity index (χ4n) is 2.39. The largest absolute Gasteiger partial charge is 0.493 e. The average molecular weight is 392 g/mol. The molecule has 0 radical (unpaired) electrons. The highest BCUT2D eigenvalue weighted by molar-refractivity contribution is 5.87. The molecule has 10 heteroatoms. The molecule has 0 spiro atoms. The van der Waals surface area contributed by atoms with Crippen molar-refractivity contribution in [1.82, 2.24) is 10.6 Å². The van der Waals surface area contributed by atoms with Gasteiger partial charge in [0.25, 0.3) is 5.66 Å². The summed E-state index contributed by atoms with van der Waals surface area (Å²) in [6.45, 7) is 1.72. The van der Waals surface area contributed by atoms with Crippen molar-refractivity contribution in [3.05, 3.63) is 23.8 Å². The Kier molecular flexibility index (Phi) is 7.89. The van der Waals surface area contributed by atoms with Crippen LogP contribution in [-0.2, 0) is 20.7 Å². The highest BCUT2D eigenvalue weighted by atomic mass is 19.4. The number of ether oxygens (including phenoxy) is 3. The Morgan fingerprint density at radius 3 is 2.22 bits per heavy atom. The van der Waals surface area contributed by atoms with Gasteiger partial charge in [-0.2, -0.15) is 13.2 Å². The number of carbonyl (C=O) groups is 2. The topological polar surface area (TPSA) is 85.9 Å². The van der Waals surface area contributed by atoms with E-state index < -0.39 is 23.7 Å². The maximum atomic E-state index is 13.6. The summed E-state index contributed by atoms with van der Waals surface area (Å²) in [5.74, 6) is -1.76. The molecule has 0 aliphatic carbocycles. The van der Waals surface area contributed by atoms with E-state index >= 15 is 0 Å². The Morgan fingerprint density at radius 1 is 1.11 bits per heavy atom. The molecule has 1 aromatic carbocycles. The Hall–Kier alpha value is -2.49. The van der Waals surface area contributed by atoms with E-state index in [2.05, 4.69) is 10.1 Å². The van der Waals surface area contributed by atoms with Gasteiger partial charge >= 0.3 is 12.1 Å². The molecular formula is C17H23F3N2O5. The molecule has 0 aliphatic rings. The number of esters is 1. The zero-order valence-corrected chi connectivity index (χ0v) is 15.5. The van der Waals surface area contributed by atoms with Gasteiger partial charge in [0.1, 0.15) is 0 Å². The van der Waals surface area contributed by atoms with Crippen molar-refractivity contribution in [2.24, 2.45) is 0 Å². The Morgan fingerprint density at radius 2 is 1.74 bits per heavy atom. The molecule has 1 amide bonds. The first-order valence-electron chi connectivity index (χ1n) is 8.09. The summed E-state index contributed by atoms with van der Waals surface area (Å²) < 4.78 is 55.7. The van der Waals surface area contributed by atoms with E-state index in [-0.39, 0.29) is 19.6 Å². The van der Waals surface area contributed by atoms with Gasteiger partial charge in [0.2, 0.25) is 5.91 Å². The molecule has 0 heterocycles. The number of rotatable bonds is 9. The van der Waals surface area contributed by atoms with Crippen LogP contribution in [0, 0.1) is 0 Å². The molecule has 2 N–H and O–H groups in total. The lowest BCUT2D eigenvalue weighted by Gasteiger charge is -2.34. The molecule has 1 aromatic rings. The lowest BCUT2D eigenvalue weighted by molar-refractivity contribution is -0.221. The molecule has 1 atom stereocenters. The fourth-order valence-corrected chi connectivity index (χ4v) is 2.39. The summed E-state index contributed by atoms with van der Waals surface area (Å²) in [6, 6.07) is 4.88. The predicted molar refractivity (Wildman–Crippen MR) is 90.5 cm³/mol. The number of alkyl halides is 3. The average Bonchev–Trinajstić information content (AvgIpc) is 2.59. The number of hydrogen-bond donors (Lipinski definition) is 2. The molecule has 7 nitrogen and oxygen atoms in total. The first kappa shape index (κ1) is 22.6. The Bertz CT molecular complexity index is 666. The maximum Gasteiger partial charge on any atom is 0.436 e. The molecule has 27 heavy (non-hydrogen) atoms. The second kappa shape index (κ2) is 9.45. The number of hydrogen-bond acceptors (Lipinski definition) is 6. The summed E-state index contributed by atoms with van der Waals surface area (Å²) in [7, 11) is 2.90. The minimum atomic E-state index is -5.11. The van der Waals surface area contributed by atoms with Gasteiger partial charge in [0, 0.05) is 13.5 Å². The van der Waals surface area contributed by atoms with Crippen molar-refractivity contribution in [2.45, 2.75) is 32.1 Å². The van der Waals surface area contributed by atoms with Crippen LogP contribution in [0.4, 0.5) is 13.2 Å². The normalized spacial score (nSPS) is 13.4. The van der Waals surface area contributed by atoms with E-state index in [0.29, 0.717) is 17.1 Å². The minimum absolute atomic E-state index is 0.122. The van der Waals surface area contributed by atoms with E-state index in [9.17, 15) is 22.8 Å². The second-order valence-corrected chi connectivity index (χ2v) is 5.52. The highest BCUT2D eigenvalue weighted by Crippen LogP contribution is 2.30. The van der Waals surface area contributed by atoms with Gasteiger partial charge in [-0.05, 0) is 31.0 Å². The lowest BCUT2D eigenvalue weighted by Crippen LogP contribution is -2.72. The third kappa shape index (κ3) is 5.49. The molecule has 1 rings (SSSR count). The minimum Gasteiger partial charge on any atom is -0.493 e. The number of benzene rings is 1. The molecule has 0 fully saturated rings. The molecule has 0 unspecified atom stereocenters. The first-order valence-corrected chi connectivity index (χ1v) is 8.09. The van der Waals surface area contributed by atoms with Gasteiger partial charge in [-0.3, -0.25) is 10.1 Å². The van der Waals surface area contributed by atoms with Crippen LogP contribution in [0.15, 0.2) is 18.2 Å². The monoisotopic (exact) mass is 392 g/mol. The molecule has 0 bridgehead atoms. The summed E-state index contributed by atoms with van der Waals surface area (Å²) in [4.78, 5) is 23.3. The van der Waals surface area contributed by atoms with E-state index in [1.165, 1.54) is 21.1 Å². The van der Waals surface area contributed by atoms with Gasteiger partial charge < -0.3 is 19.5 Å². The molecule has 0 aliphatic heterocycles. The number of carbonyl (C=O) groups excluding carboxylic acids is 2. The third-order valence-electron chi connectivity index (χ3n) is 3.62. The predicted octanol–water partition coefficient (Wildman–Crippen LogP) is 1.79. The van der Waals surface area contributed by atoms with Crippen molar-refractivity contribution < 1.29 is 37.0 Å². The van der Waals surface area contributed by atoms with Crippen LogP contribution in [0.5, 0.6) is 11.5 Å². The maximum absolute atomic E-state index is 13.6. The summed E-state index contributed by atoms with van der Waals surface area (Å²) in [5, 5.41) is 3.75. The SMILES string of the molecule is CCOC(=O)[C@](NCCc1ccc(OC)c(OC)c1)(NC(C)=O)C(F)(F)F. The zero-order valence-electron chi connectivity index (χ0n) is 15.5. The molecular weight excluding hydrogens is 369 g/mol. The summed E-state index contributed by atoms with van der Waals surface area (Å²) in [5.41, 5.74) is -2.69. The summed E-state index contributed by atoms with van der Waals surface area (Å²) in [6.07, 6.45) is -4.99. The fraction of sp³-hybridized carbons (Fsp3) is 0.529. The van der Waals surface area contributed by atoms with Gasteiger partial charge in [-0.1, -0.05) is 6.07 Å². The standard InChI is InChI=1S/C17H23F3N2O5/c1-5-27-15(24)16(17(18,19)20,22-11(2)23)21-9-8-12-6-7-13(25-3)14(10-12)26-4/h6-7,10,21H,5,8-9H2,1-4H3,(H,22,23)/t16-/m0/s1. The zero-order chi connectivity index (χ0) is 20.7. The number of methoxy groups -OCH3 is 2. The van der Waals surface area contributed by atoms with Crippen LogP contribution in [0.1, 0.15) is 19.4 Å².